The minimum atomic E-state index is -4.02. The summed E-state index contributed by atoms with van der Waals surface area (Å²) >= 11 is 0. The molecule has 2 aromatic rings. The zero-order valence-corrected chi connectivity index (χ0v) is 18.1. The summed E-state index contributed by atoms with van der Waals surface area (Å²) in [5.74, 6) is 0.351. The lowest BCUT2D eigenvalue weighted by molar-refractivity contribution is -0.154. The summed E-state index contributed by atoms with van der Waals surface area (Å²) in [5.41, 5.74) is 1.37. The number of pyridine rings is 1. The van der Waals surface area contributed by atoms with Gasteiger partial charge in [-0.05, 0) is 45.9 Å². The van der Waals surface area contributed by atoms with Gasteiger partial charge in [0.05, 0.1) is 30.3 Å². The molecule has 0 aliphatic heterocycles. The number of ether oxygens (including phenoxy) is 2. The van der Waals surface area contributed by atoms with Gasteiger partial charge in [-0.2, -0.15) is 8.42 Å². The van der Waals surface area contributed by atoms with Gasteiger partial charge in [-0.1, -0.05) is 17.7 Å². The van der Waals surface area contributed by atoms with Crippen LogP contribution in [0, 0.1) is 6.92 Å². The molecule has 0 radical (unpaired) electrons. The lowest BCUT2D eigenvalue weighted by atomic mass is 10.2. The van der Waals surface area contributed by atoms with Crippen LogP contribution in [0.15, 0.2) is 47.5 Å². The lowest BCUT2D eigenvalue weighted by Crippen LogP contribution is -2.25. The third kappa shape index (κ3) is 10.5. The number of aryl methyl sites for hydroxylation is 1. The van der Waals surface area contributed by atoms with E-state index in [1.165, 1.54) is 12.1 Å². The van der Waals surface area contributed by atoms with E-state index in [0.29, 0.717) is 18.8 Å². The minimum absolute atomic E-state index is 0.0666. The second-order valence-corrected chi connectivity index (χ2v) is 8.56. The lowest BCUT2D eigenvalue weighted by Gasteiger charge is -2.19. The van der Waals surface area contributed by atoms with Crippen LogP contribution in [0.25, 0.3) is 0 Å². The van der Waals surface area contributed by atoms with Crippen LogP contribution in [0.1, 0.15) is 32.8 Å². The van der Waals surface area contributed by atoms with Crippen molar-refractivity contribution in [3.63, 3.8) is 0 Å². The fourth-order valence-electron chi connectivity index (χ4n) is 2.02. The van der Waals surface area contributed by atoms with Crippen molar-refractivity contribution in [2.75, 3.05) is 19.0 Å². The topological polar surface area (TPSA) is 115 Å². The first-order valence-corrected chi connectivity index (χ1v) is 10.3. The number of esters is 1. The number of aromatic nitrogens is 1. The van der Waals surface area contributed by atoms with Crippen molar-refractivity contribution in [1.82, 2.24) is 4.98 Å². The molecule has 0 unspecified atom stereocenters. The summed E-state index contributed by atoms with van der Waals surface area (Å²) in [4.78, 5) is 15.4. The number of anilines is 1. The Balaban J connectivity index is 0.000000326. The Labute approximate surface area is 172 Å². The summed E-state index contributed by atoms with van der Waals surface area (Å²) in [6.45, 7) is 7.92. The number of carbonyl (C=O) groups excluding carboxylic acids is 1. The van der Waals surface area contributed by atoms with E-state index in [9.17, 15) is 13.2 Å². The largest absolute Gasteiger partial charge is 0.481 e. The Hall–Kier alpha value is -2.65. The first kappa shape index (κ1) is 24.4. The van der Waals surface area contributed by atoms with Crippen LogP contribution in [0.2, 0.25) is 0 Å². The number of hydrogen-bond donors (Lipinski definition) is 2. The zero-order chi connectivity index (χ0) is 22.1. The number of carbonyl (C=O) groups is 1. The predicted octanol–water partition coefficient (Wildman–Crippen LogP) is 3.48. The maximum absolute atomic E-state index is 11.5. The number of hydrogen-bond acceptors (Lipinski definition) is 7. The monoisotopic (exact) mass is 424 g/mol. The van der Waals surface area contributed by atoms with Gasteiger partial charge in [-0.25, -0.2) is 4.98 Å². The summed E-state index contributed by atoms with van der Waals surface area (Å²) in [6, 6.07) is 9.60. The number of benzene rings is 1. The number of methoxy groups -OCH3 is 1. The molecule has 0 saturated heterocycles. The molecule has 0 spiro atoms. The van der Waals surface area contributed by atoms with E-state index in [1.54, 1.807) is 31.5 Å². The summed E-state index contributed by atoms with van der Waals surface area (Å²) < 4.78 is 39.7. The van der Waals surface area contributed by atoms with Crippen molar-refractivity contribution in [2.45, 2.75) is 44.6 Å². The van der Waals surface area contributed by atoms with Crippen molar-refractivity contribution in [2.24, 2.45) is 0 Å². The highest BCUT2D eigenvalue weighted by Gasteiger charge is 2.15. The van der Waals surface area contributed by atoms with Crippen molar-refractivity contribution in [1.29, 1.82) is 0 Å². The Kier molecular flexibility index (Phi) is 9.06. The molecule has 2 N–H and O–H groups in total. The van der Waals surface area contributed by atoms with Crippen LogP contribution in [0.5, 0.6) is 5.88 Å². The fourth-order valence-corrected chi connectivity index (χ4v) is 2.50. The molecular formula is C20H28N2O6S. The van der Waals surface area contributed by atoms with Crippen LogP contribution >= 0.6 is 0 Å². The maximum atomic E-state index is 11.5. The molecule has 0 amide bonds. The average molecular weight is 425 g/mol. The molecule has 2 rings (SSSR count). The minimum Gasteiger partial charge on any atom is -0.481 e. The molecule has 0 aliphatic rings. The van der Waals surface area contributed by atoms with E-state index in [-0.39, 0.29) is 10.9 Å². The zero-order valence-electron chi connectivity index (χ0n) is 17.3. The summed E-state index contributed by atoms with van der Waals surface area (Å²) in [7, 11) is -2.45. The molecule has 1 heterocycles. The highest BCUT2D eigenvalue weighted by Crippen LogP contribution is 2.12. The van der Waals surface area contributed by atoms with Crippen molar-refractivity contribution < 1.29 is 27.2 Å². The summed E-state index contributed by atoms with van der Waals surface area (Å²) in [5, 5.41) is 3.09. The molecule has 8 nitrogen and oxygen atoms in total. The second kappa shape index (κ2) is 10.8. The highest BCUT2D eigenvalue weighted by atomic mass is 32.2. The molecule has 0 aliphatic carbocycles. The van der Waals surface area contributed by atoms with Crippen molar-refractivity contribution >= 4 is 21.8 Å². The predicted molar refractivity (Wildman–Crippen MR) is 111 cm³/mol. The Morgan fingerprint density at radius 1 is 1.14 bits per heavy atom. The highest BCUT2D eigenvalue weighted by molar-refractivity contribution is 7.85. The Morgan fingerprint density at radius 3 is 2.21 bits per heavy atom. The van der Waals surface area contributed by atoms with Gasteiger partial charge in [0.25, 0.3) is 10.1 Å². The summed E-state index contributed by atoms with van der Waals surface area (Å²) in [6.07, 6.45) is 1.98. The first-order chi connectivity index (χ1) is 13.4. The first-order valence-electron chi connectivity index (χ1n) is 8.90. The van der Waals surface area contributed by atoms with Gasteiger partial charge in [-0.3, -0.25) is 9.35 Å². The molecule has 29 heavy (non-hydrogen) atoms. The fraction of sp³-hybridized carbons (Fsp3) is 0.400. The third-order valence-corrected chi connectivity index (χ3v) is 4.21. The van der Waals surface area contributed by atoms with Crippen LogP contribution in [-0.2, 0) is 19.6 Å². The molecule has 160 valence electrons. The molecule has 0 fully saturated rings. The number of nitrogens with zero attached hydrogens (tertiary/aromatic N) is 1. The molecule has 0 bridgehead atoms. The van der Waals surface area contributed by atoms with Gasteiger partial charge in [0, 0.05) is 12.6 Å². The Morgan fingerprint density at radius 2 is 1.76 bits per heavy atom. The van der Waals surface area contributed by atoms with E-state index in [0.717, 1.165) is 11.3 Å². The third-order valence-electron chi connectivity index (χ3n) is 3.34. The van der Waals surface area contributed by atoms with Crippen molar-refractivity contribution in [3.8, 4) is 5.88 Å². The average Bonchev–Trinajstić information content (AvgIpc) is 2.61. The van der Waals surface area contributed by atoms with E-state index in [1.807, 2.05) is 33.8 Å². The van der Waals surface area contributed by atoms with Gasteiger partial charge in [0.2, 0.25) is 5.88 Å². The molecular weight excluding hydrogens is 396 g/mol. The quantitative estimate of drug-likeness (QED) is 0.535. The molecule has 0 saturated carbocycles. The van der Waals surface area contributed by atoms with Crippen LogP contribution in [0.4, 0.5) is 5.69 Å². The number of nitrogens with one attached hydrogen (secondary N) is 1. The molecule has 0 atom stereocenters. The van der Waals surface area contributed by atoms with Crippen molar-refractivity contribution in [3.05, 3.63) is 48.2 Å². The van der Waals surface area contributed by atoms with E-state index in [4.69, 9.17) is 14.0 Å². The second-order valence-electron chi connectivity index (χ2n) is 7.14. The van der Waals surface area contributed by atoms with Gasteiger partial charge in [-0.15, -0.1) is 0 Å². The molecule has 1 aromatic heterocycles. The van der Waals surface area contributed by atoms with E-state index >= 15 is 0 Å². The van der Waals surface area contributed by atoms with Crippen LogP contribution in [0.3, 0.4) is 0 Å². The Bertz CT molecular complexity index is 873. The van der Waals surface area contributed by atoms with Gasteiger partial charge in [0.15, 0.2) is 0 Å². The van der Waals surface area contributed by atoms with Gasteiger partial charge in [0.1, 0.15) is 5.60 Å². The standard InChI is InChI=1S/C13H20N2O3.C7H8O3S/c1-13(2,3)18-12(16)7-8-14-10-5-6-11(17-4)15-9-10;1-6-2-4-7(5-3-6)11(8,9)10/h5-6,9,14H,7-8H2,1-4H3;2-5H,1H3,(H,8,9,10). The normalized spacial score (nSPS) is 11.1. The molecule has 9 heteroatoms. The maximum Gasteiger partial charge on any atom is 0.308 e. The van der Waals surface area contributed by atoms with E-state index in [2.05, 4.69) is 10.3 Å². The smallest absolute Gasteiger partial charge is 0.308 e. The number of rotatable bonds is 6. The SMILES string of the molecule is COc1ccc(NCCC(=O)OC(C)(C)C)cn1.Cc1ccc(S(=O)(=O)O)cc1. The van der Waals surface area contributed by atoms with Gasteiger partial charge < -0.3 is 14.8 Å². The van der Waals surface area contributed by atoms with Crippen LogP contribution < -0.4 is 10.1 Å². The van der Waals surface area contributed by atoms with Crippen LogP contribution in [-0.4, -0.2) is 43.2 Å². The van der Waals surface area contributed by atoms with E-state index < -0.39 is 15.7 Å². The van der Waals surface area contributed by atoms with Gasteiger partial charge >= 0.3 is 5.97 Å². The molecule has 1 aromatic carbocycles.